The maximum Gasteiger partial charge on any atom is 0.255 e. The molecule has 1 aromatic heterocycles. The summed E-state index contributed by atoms with van der Waals surface area (Å²) in [6.07, 6.45) is 4.81. The highest BCUT2D eigenvalue weighted by molar-refractivity contribution is 6.30. The van der Waals surface area contributed by atoms with E-state index in [1.807, 2.05) is 18.4 Å². The van der Waals surface area contributed by atoms with E-state index in [1.165, 1.54) is 5.57 Å². The van der Waals surface area contributed by atoms with Crippen molar-refractivity contribution < 1.29 is 4.74 Å². The van der Waals surface area contributed by atoms with Gasteiger partial charge in [-0.1, -0.05) is 11.6 Å². The Morgan fingerprint density at radius 2 is 2.08 bits per heavy atom. The normalized spacial score (nSPS) is 17.6. The Morgan fingerprint density at radius 1 is 1.24 bits per heavy atom. The summed E-state index contributed by atoms with van der Waals surface area (Å²) < 4.78 is 5.41. The maximum absolute atomic E-state index is 12.6. The van der Waals surface area contributed by atoms with E-state index < -0.39 is 0 Å². The molecule has 0 atom stereocenters. The number of ether oxygens (including phenoxy) is 1. The van der Waals surface area contributed by atoms with Gasteiger partial charge in [0.25, 0.3) is 5.56 Å². The Labute approximate surface area is 151 Å². The summed E-state index contributed by atoms with van der Waals surface area (Å²) >= 11 is 5.93. The van der Waals surface area contributed by atoms with Crippen LogP contribution in [0, 0.1) is 0 Å². The van der Waals surface area contributed by atoms with Crippen LogP contribution >= 0.6 is 11.6 Å². The summed E-state index contributed by atoms with van der Waals surface area (Å²) in [5, 5.41) is 0.667. The zero-order valence-electron chi connectivity index (χ0n) is 13.9. The Balaban J connectivity index is 1.56. The van der Waals surface area contributed by atoms with Crippen molar-refractivity contribution in [3.63, 3.8) is 0 Å². The van der Waals surface area contributed by atoms with Gasteiger partial charge in [-0.15, -0.1) is 0 Å². The summed E-state index contributed by atoms with van der Waals surface area (Å²) in [6.45, 7) is 3.21. The number of benzene rings is 1. The summed E-state index contributed by atoms with van der Waals surface area (Å²) in [5.74, 6) is 0.609. The number of hydrogen-bond acceptors (Lipinski definition) is 4. The molecule has 6 heteroatoms. The van der Waals surface area contributed by atoms with Crippen molar-refractivity contribution in [2.75, 3.05) is 19.7 Å². The lowest BCUT2D eigenvalue weighted by Crippen LogP contribution is -2.37. The lowest BCUT2D eigenvalue weighted by Gasteiger charge is -2.29. The van der Waals surface area contributed by atoms with E-state index in [0.29, 0.717) is 17.4 Å². The van der Waals surface area contributed by atoms with Gasteiger partial charge in [0, 0.05) is 36.6 Å². The van der Waals surface area contributed by atoms with Gasteiger partial charge in [0.1, 0.15) is 5.82 Å². The van der Waals surface area contributed by atoms with Crippen molar-refractivity contribution in [1.29, 1.82) is 0 Å². The fourth-order valence-corrected chi connectivity index (χ4v) is 3.51. The third-order valence-corrected chi connectivity index (χ3v) is 4.95. The second-order valence-corrected chi connectivity index (χ2v) is 6.99. The van der Waals surface area contributed by atoms with Crippen LogP contribution in [0.1, 0.15) is 24.1 Å². The summed E-state index contributed by atoms with van der Waals surface area (Å²) in [6, 6.07) is 7.35. The smallest absolute Gasteiger partial charge is 0.255 e. The highest BCUT2D eigenvalue weighted by atomic mass is 35.5. The summed E-state index contributed by atoms with van der Waals surface area (Å²) in [4.78, 5) is 22.5. The molecule has 0 aliphatic carbocycles. The number of aromatic amines is 1. The average molecular weight is 358 g/mol. The molecule has 1 aromatic carbocycles. The van der Waals surface area contributed by atoms with Crippen molar-refractivity contribution in [2.24, 2.45) is 0 Å². The highest BCUT2D eigenvalue weighted by Crippen LogP contribution is 2.22. The van der Waals surface area contributed by atoms with Crippen LogP contribution in [0.5, 0.6) is 0 Å². The lowest BCUT2D eigenvalue weighted by molar-refractivity contribution is 0.208. The fourth-order valence-electron chi connectivity index (χ4n) is 3.38. The monoisotopic (exact) mass is 357 g/mol. The van der Waals surface area contributed by atoms with Gasteiger partial charge in [0.15, 0.2) is 0 Å². The SMILES string of the molecule is O=c1[nH]c(-c2ccc(Cl)cc2)nc2c1CN(CC1=COCCC1)CC2. The molecule has 2 aliphatic rings. The Hall–Kier alpha value is -2.11. The molecule has 0 unspecified atom stereocenters. The topological polar surface area (TPSA) is 58.2 Å². The molecular formula is C19H20ClN3O2. The van der Waals surface area contributed by atoms with Crippen LogP contribution in [-0.2, 0) is 17.7 Å². The molecule has 25 heavy (non-hydrogen) atoms. The van der Waals surface area contributed by atoms with Crippen LogP contribution in [-0.4, -0.2) is 34.6 Å². The van der Waals surface area contributed by atoms with Crippen LogP contribution in [0.15, 0.2) is 40.9 Å². The van der Waals surface area contributed by atoms with E-state index in [-0.39, 0.29) is 5.56 Å². The number of halogens is 1. The van der Waals surface area contributed by atoms with Crippen LogP contribution < -0.4 is 5.56 Å². The number of hydrogen-bond donors (Lipinski definition) is 1. The highest BCUT2D eigenvalue weighted by Gasteiger charge is 2.22. The van der Waals surface area contributed by atoms with Crippen LogP contribution in [0.2, 0.25) is 5.02 Å². The fraction of sp³-hybridized carbons (Fsp3) is 0.368. The van der Waals surface area contributed by atoms with Crippen molar-refractivity contribution in [1.82, 2.24) is 14.9 Å². The number of nitrogens with zero attached hydrogens (tertiary/aromatic N) is 2. The Bertz CT molecular complexity index is 858. The Kier molecular flexibility index (Phi) is 4.59. The molecule has 5 nitrogen and oxygen atoms in total. The molecule has 0 spiro atoms. The molecular weight excluding hydrogens is 338 g/mol. The molecule has 0 bridgehead atoms. The zero-order valence-corrected chi connectivity index (χ0v) is 14.7. The summed E-state index contributed by atoms with van der Waals surface area (Å²) in [7, 11) is 0. The predicted octanol–water partition coefficient (Wildman–Crippen LogP) is 3.14. The molecule has 4 rings (SSSR count). The number of aromatic nitrogens is 2. The third-order valence-electron chi connectivity index (χ3n) is 4.70. The molecule has 1 N–H and O–H groups in total. The molecule has 2 aromatic rings. The van der Waals surface area contributed by atoms with Crippen molar-refractivity contribution in [3.8, 4) is 11.4 Å². The molecule has 130 valence electrons. The minimum Gasteiger partial charge on any atom is -0.501 e. The lowest BCUT2D eigenvalue weighted by atomic mass is 10.0. The molecule has 2 aliphatic heterocycles. The van der Waals surface area contributed by atoms with Gasteiger partial charge < -0.3 is 9.72 Å². The van der Waals surface area contributed by atoms with Gasteiger partial charge in [0.2, 0.25) is 0 Å². The van der Waals surface area contributed by atoms with Gasteiger partial charge in [0.05, 0.1) is 24.1 Å². The van der Waals surface area contributed by atoms with Gasteiger partial charge in [-0.05, 0) is 42.7 Å². The van der Waals surface area contributed by atoms with Gasteiger partial charge >= 0.3 is 0 Å². The van der Waals surface area contributed by atoms with E-state index in [0.717, 1.165) is 55.8 Å². The van der Waals surface area contributed by atoms with E-state index in [4.69, 9.17) is 21.3 Å². The molecule has 0 amide bonds. The molecule has 0 saturated carbocycles. The van der Waals surface area contributed by atoms with Gasteiger partial charge in [-0.3, -0.25) is 9.69 Å². The van der Waals surface area contributed by atoms with Gasteiger partial charge in [-0.2, -0.15) is 0 Å². The van der Waals surface area contributed by atoms with Crippen molar-refractivity contribution in [2.45, 2.75) is 25.8 Å². The first kappa shape index (κ1) is 16.4. The molecule has 0 fully saturated rings. The van der Waals surface area contributed by atoms with E-state index >= 15 is 0 Å². The minimum atomic E-state index is -0.0477. The molecule has 0 saturated heterocycles. The van der Waals surface area contributed by atoms with Crippen molar-refractivity contribution in [3.05, 3.63) is 62.7 Å². The molecule has 3 heterocycles. The first-order chi connectivity index (χ1) is 12.2. The predicted molar refractivity (Wildman–Crippen MR) is 97.6 cm³/mol. The zero-order chi connectivity index (χ0) is 17.2. The van der Waals surface area contributed by atoms with Crippen LogP contribution in [0.3, 0.4) is 0 Å². The van der Waals surface area contributed by atoms with Gasteiger partial charge in [-0.25, -0.2) is 4.98 Å². The average Bonchev–Trinajstić information content (AvgIpc) is 2.63. The third kappa shape index (κ3) is 3.62. The quantitative estimate of drug-likeness (QED) is 0.916. The second-order valence-electron chi connectivity index (χ2n) is 6.56. The standard InChI is InChI=1S/C19H20ClN3O2/c20-15-5-3-14(4-6-15)18-21-17-7-8-23(11-16(17)19(24)22-18)10-13-2-1-9-25-12-13/h3-6,12H,1-2,7-11H2,(H,21,22,24). The van der Waals surface area contributed by atoms with E-state index in [9.17, 15) is 4.79 Å². The van der Waals surface area contributed by atoms with Crippen LogP contribution in [0.4, 0.5) is 0 Å². The van der Waals surface area contributed by atoms with Crippen LogP contribution in [0.25, 0.3) is 11.4 Å². The number of rotatable bonds is 3. The molecule has 0 radical (unpaired) electrons. The summed E-state index contributed by atoms with van der Waals surface area (Å²) in [5.41, 5.74) is 3.81. The second kappa shape index (κ2) is 7.02. The first-order valence-electron chi connectivity index (χ1n) is 8.59. The maximum atomic E-state index is 12.6. The minimum absolute atomic E-state index is 0.0477. The van der Waals surface area contributed by atoms with Crippen molar-refractivity contribution >= 4 is 11.6 Å². The number of nitrogens with one attached hydrogen (secondary N) is 1. The van der Waals surface area contributed by atoms with E-state index in [1.54, 1.807) is 12.1 Å². The first-order valence-corrected chi connectivity index (χ1v) is 8.97. The number of fused-ring (bicyclic) bond motifs is 1. The van der Waals surface area contributed by atoms with E-state index in [2.05, 4.69) is 9.88 Å². The Morgan fingerprint density at radius 3 is 2.84 bits per heavy atom. The largest absolute Gasteiger partial charge is 0.501 e. The number of H-pyrrole nitrogens is 1.